The molecule has 3 heteroatoms. The van der Waals surface area contributed by atoms with E-state index in [1.807, 2.05) is 12.1 Å². The molecule has 2 N–H and O–H groups in total. The fraction of sp³-hybridized carbons (Fsp3) is 0.200. The van der Waals surface area contributed by atoms with Gasteiger partial charge in [-0.15, -0.1) is 0 Å². The smallest absolute Gasteiger partial charge is 0.0336 e. The first kappa shape index (κ1) is 13.8. The van der Waals surface area contributed by atoms with Crippen LogP contribution >= 0.6 is 31.9 Å². The Morgan fingerprint density at radius 1 is 1.06 bits per heavy atom. The Morgan fingerprint density at radius 2 is 1.78 bits per heavy atom. The van der Waals surface area contributed by atoms with E-state index in [4.69, 9.17) is 5.73 Å². The summed E-state index contributed by atoms with van der Waals surface area (Å²) in [6.45, 7) is 2.08. The highest BCUT2D eigenvalue weighted by Crippen LogP contribution is 2.25. The molecule has 0 saturated carbocycles. The lowest BCUT2D eigenvalue weighted by Gasteiger charge is -2.14. The highest BCUT2D eigenvalue weighted by molar-refractivity contribution is 9.10. The summed E-state index contributed by atoms with van der Waals surface area (Å²) in [5.41, 5.74) is 9.91. The summed E-state index contributed by atoms with van der Waals surface area (Å²) in [5.74, 6) is 0. The topological polar surface area (TPSA) is 26.0 Å². The summed E-state index contributed by atoms with van der Waals surface area (Å²) in [5, 5.41) is 0. The highest BCUT2D eigenvalue weighted by atomic mass is 79.9. The van der Waals surface area contributed by atoms with Crippen LogP contribution < -0.4 is 5.73 Å². The Hall–Kier alpha value is -0.640. The summed E-state index contributed by atoms with van der Waals surface area (Å²) in [6.07, 6.45) is 0.836. The Balaban J connectivity index is 2.19. The average Bonchev–Trinajstić information content (AvgIpc) is 2.35. The second-order valence-electron chi connectivity index (χ2n) is 4.41. The van der Waals surface area contributed by atoms with Crippen molar-refractivity contribution in [2.75, 3.05) is 0 Å². The zero-order valence-electron chi connectivity index (χ0n) is 10.2. The summed E-state index contributed by atoms with van der Waals surface area (Å²) < 4.78 is 2.24. The summed E-state index contributed by atoms with van der Waals surface area (Å²) >= 11 is 7.07. The van der Waals surface area contributed by atoms with E-state index >= 15 is 0 Å². The molecule has 1 nitrogen and oxygen atoms in total. The molecule has 0 saturated heterocycles. The Labute approximate surface area is 125 Å². The number of hydrogen-bond acceptors (Lipinski definition) is 1. The van der Waals surface area contributed by atoms with Gasteiger partial charge in [-0.25, -0.2) is 0 Å². The molecule has 1 atom stereocenters. The SMILES string of the molecule is Cc1cc(C(N)Cc2ccccc2Br)ccc1Br. The van der Waals surface area contributed by atoms with E-state index in [0.29, 0.717) is 0 Å². The number of benzene rings is 2. The largest absolute Gasteiger partial charge is 0.324 e. The van der Waals surface area contributed by atoms with Gasteiger partial charge in [-0.1, -0.05) is 62.2 Å². The molecular weight excluding hydrogens is 354 g/mol. The molecule has 2 rings (SSSR count). The number of halogens is 2. The molecule has 0 fully saturated rings. The number of nitrogens with two attached hydrogens (primary N) is 1. The first-order valence-electron chi connectivity index (χ1n) is 5.83. The zero-order chi connectivity index (χ0) is 13.1. The zero-order valence-corrected chi connectivity index (χ0v) is 13.3. The van der Waals surface area contributed by atoms with Gasteiger partial charge in [0.1, 0.15) is 0 Å². The lowest BCUT2D eigenvalue weighted by Crippen LogP contribution is -2.13. The highest BCUT2D eigenvalue weighted by Gasteiger charge is 2.10. The van der Waals surface area contributed by atoms with Gasteiger partial charge in [-0.2, -0.15) is 0 Å². The average molecular weight is 369 g/mol. The molecule has 0 aliphatic rings. The van der Waals surface area contributed by atoms with Crippen molar-refractivity contribution in [1.29, 1.82) is 0 Å². The van der Waals surface area contributed by atoms with Crippen LogP contribution in [0.4, 0.5) is 0 Å². The second kappa shape index (κ2) is 6.00. The lowest BCUT2D eigenvalue weighted by atomic mass is 9.98. The molecule has 0 spiro atoms. The maximum Gasteiger partial charge on any atom is 0.0336 e. The van der Waals surface area contributed by atoms with Crippen LogP contribution in [0.2, 0.25) is 0 Å². The normalized spacial score (nSPS) is 12.4. The summed E-state index contributed by atoms with van der Waals surface area (Å²) in [7, 11) is 0. The lowest BCUT2D eigenvalue weighted by molar-refractivity contribution is 0.719. The van der Waals surface area contributed by atoms with Gasteiger partial charge in [0.05, 0.1) is 0 Å². The third-order valence-corrected chi connectivity index (χ3v) is 4.67. The fourth-order valence-corrected chi connectivity index (χ4v) is 2.61. The van der Waals surface area contributed by atoms with E-state index < -0.39 is 0 Å². The summed E-state index contributed by atoms with van der Waals surface area (Å²) in [4.78, 5) is 0. The van der Waals surface area contributed by atoms with E-state index in [9.17, 15) is 0 Å². The maximum atomic E-state index is 6.28. The minimum Gasteiger partial charge on any atom is -0.324 e. The second-order valence-corrected chi connectivity index (χ2v) is 6.12. The van der Waals surface area contributed by atoms with Crippen LogP contribution in [0.25, 0.3) is 0 Å². The van der Waals surface area contributed by atoms with Crippen molar-refractivity contribution >= 4 is 31.9 Å². The van der Waals surface area contributed by atoms with Gasteiger partial charge in [0.25, 0.3) is 0 Å². The van der Waals surface area contributed by atoms with E-state index in [1.54, 1.807) is 0 Å². The Morgan fingerprint density at radius 3 is 2.44 bits per heavy atom. The molecule has 94 valence electrons. The van der Waals surface area contributed by atoms with Crippen molar-refractivity contribution in [3.8, 4) is 0 Å². The van der Waals surface area contributed by atoms with Gasteiger partial charge in [0, 0.05) is 15.0 Å². The third kappa shape index (κ3) is 3.22. The van der Waals surface area contributed by atoms with Gasteiger partial charge in [-0.3, -0.25) is 0 Å². The number of rotatable bonds is 3. The molecule has 0 bridgehead atoms. The van der Waals surface area contributed by atoms with Crippen molar-refractivity contribution in [2.45, 2.75) is 19.4 Å². The first-order valence-corrected chi connectivity index (χ1v) is 7.41. The van der Waals surface area contributed by atoms with Gasteiger partial charge in [0.2, 0.25) is 0 Å². The van der Waals surface area contributed by atoms with E-state index in [-0.39, 0.29) is 6.04 Å². The molecule has 2 aromatic rings. The third-order valence-electron chi connectivity index (χ3n) is 3.01. The molecule has 0 amide bonds. The molecule has 0 radical (unpaired) electrons. The van der Waals surface area contributed by atoms with Crippen molar-refractivity contribution in [1.82, 2.24) is 0 Å². The van der Waals surface area contributed by atoms with Gasteiger partial charge in [-0.05, 0) is 42.2 Å². The van der Waals surface area contributed by atoms with Crippen LogP contribution in [0.3, 0.4) is 0 Å². The summed E-state index contributed by atoms with van der Waals surface area (Å²) in [6, 6.07) is 14.5. The van der Waals surface area contributed by atoms with E-state index in [0.717, 1.165) is 15.4 Å². The van der Waals surface area contributed by atoms with Gasteiger partial charge in [0.15, 0.2) is 0 Å². The Kier molecular flexibility index (Phi) is 4.60. The van der Waals surface area contributed by atoms with Crippen molar-refractivity contribution in [3.63, 3.8) is 0 Å². The van der Waals surface area contributed by atoms with Crippen molar-refractivity contribution in [2.24, 2.45) is 5.73 Å². The maximum absolute atomic E-state index is 6.28. The monoisotopic (exact) mass is 367 g/mol. The molecule has 18 heavy (non-hydrogen) atoms. The quantitative estimate of drug-likeness (QED) is 0.830. The number of hydrogen-bond donors (Lipinski definition) is 1. The molecule has 0 aliphatic carbocycles. The van der Waals surface area contributed by atoms with Gasteiger partial charge < -0.3 is 5.73 Å². The Bertz CT molecular complexity index is 552. The van der Waals surface area contributed by atoms with Crippen LogP contribution in [0.5, 0.6) is 0 Å². The predicted molar refractivity (Wildman–Crippen MR) is 83.7 cm³/mol. The molecule has 0 heterocycles. The molecule has 0 aromatic heterocycles. The van der Waals surface area contributed by atoms with Crippen LogP contribution in [0.15, 0.2) is 51.4 Å². The van der Waals surface area contributed by atoms with Crippen molar-refractivity contribution < 1.29 is 0 Å². The fourth-order valence-electron chi connectivity index (χ4n) is 1.92. The minimum atomic E-state index is 0.0236. The van der Waals surface area contributed by atoms with Crippen LogP contribution in [0.1, 0.15) is 22.7 Å². The minimum absolute atomic E-state index is 0.0236. The van der Waals surface area contributed by atoms with E-state index in [1.165, 1.54) is 16.7 Å². The molecule has 0 aliphatic heterocycles. The predicted octanol–water partition coefficient (Wildman–Crippen LogP) is 4.76. The molecule has 1 unspecified atom stereocenters. The van der Waals surface area contributed by atoms with E-state index in [2.05, 4.69) is 69.1 Å². The van der Waals surface area contributed by atoms with Crippen molar-refractivity contribution in [3.05, 3.63) is 68.1 Å². The molecular formula is C15H15Br2N. The van der Waals surface area contributed by atoms with Crippen LogP contribution in [-0.4, -0.2) is 0 Å². The molecule has 2 aromatic carbocycles. The first-order chi connectivity index (χ1) is 8.58. The van der Waals surface area contributed by atoms with Crippen LogP contribution in [-0.2, 0) is 6.42 Å². The number of aryl methyl sites for hydroxylation is 1. The van der Waals surface area contributed by atoms with Gasteiger partial charge >= 0.3 is 0 Å². The standard InChI is InChI=1S/C15H15Br2N/c1-10-8-12(6-7-13(10)16)15(18)9-11-4-2-3-5-14(11)17/h2-8,15H,9,18H2,1H3. The van der Waals surface area contributed by atoms with Crippen LogP contribution in [0, 0.1) is 6.92 Å².